The smallest absolute Gasteiger partial charge is 0.0695 e. The molecule has 0 aromatic heterocycles. The first-order chi connectivity index (χ1) is 10.9. The van der Waals surface area contributed by atoms with Crippen molar-refractivity contribution in [1.82, 2.24) is 4.90 Å². The monoisotopic (exact) mass is 315 g/mol. The number of likely N-dealkylation sites (tertiary alicyclic amines) is 1. The molecule has 2 nitrogen and oxygen atoms in total. The Morgan fingerprint density at radius 3 is 2.22 bits per heavy atom. The largest absolute Gasteiger partial charge is 0.391 e. The summed E-state index contributed by atoms with van der Waals surface area (Å²) in [6.07, 6.45) is 5.66. The third kappa shape index (κ3) is 3.97. The van der Waals surface area contributed by atoms with Crippen LogP contribution in [0, 0.1) is 11.3 Å². The van der Waals surface area contributed by atoms with Gasteiger partial charge in [0.05, 0.1) is 6.10 Å². The van der Waals surface area contributed by atoms with Crippen LogP contribution in [0.1, 0.15) is 64.4 Å². The average Bonchev–Trinajstić information content (AvgIpc) is 2.55. The fourth-order valence-corrected chi connectivity index (χ4v) is 4.60. The van der Waals surface area contributed by atoms with Crippen molar-refractivity contribution in [3.05, 3.63) is 35.9 Å². The first-order valence-electron chi connectivity index (χ1n) is 9.42. The van der Waals surface area contributed by atoms with Crippen molar-refractivity contribution in [1.29, 1.82) is 0 Å². The highest BCUT2D eigenvalue weighted by molar-refractivity contribution is 5.20. The van der Waals surface area contributed by atoms with E-state index in [4.69, 9.17) is 0 Å². The lowest BCUT2D eigenvalue weighted by Gasteiger charge is -2.46. The van der Waals surface area contributed by atoms with Gasteiger partial charge >= 0.3 is 0 Å². The number of benzene rings is 1. The molecule has 3 atom stereocenters. The minimum Gasteiger partial charge on any atom is -0.391 e. The molecule has 1 aliphatic carbocycles. The molecule has 1 saturated carbocycles. The van der Waals surface area contributed by atoms with E-state index in [9.17, 15) is 5.11 Å². The molecule has 1 aliphatic heterocycles. The van der Waals surface area contributed by atoms with Crippen LogP contribution in [-0.4, -0.2) is 35.2 Å². The molecule has 1 aromatic carbocycles. The molecular formula is C21H33NO. The minimum atomic E-state index is -0.123. The number of aliphatic hydroxyl groups is 1. The van der Waals surface area contributed by atoms with Gasteiger partial charge < -0.3 is 5.11 Å². The van der Waals surface area contributed by atoms with Gasteiger partial charge in [-0.3, -0.25) is 4.90 Å². The first-order valence-corrected chi connectivity index (χ1v) is 9.42. The number of nitrogens with zero attached hydrogens (tertiary/aromatic N) is 1. The van der Waals surface area contributed by atoms with Crippen LogP contribution in [0.25, 0.3) is 0 Å². The Bertz CT molecular complexity index is 484. The highest BCUT2D eigenvalue weighted by Gasteiger charge is 2.38. The second-order valence-electron chi connectivity index (χ2n) is 8.73. The molecule has 1 N–H and O–H groups in total. The number of aliphatic hydroxyl groups excluding tert-OH is 1. The van der Waals surface area contributed by atoms with Crippen LogP contribution < -0.4 is 0 Å². The van der Waals surface area contributed by atoms with Crippen LogP contribution in [0.2, 0.25) is 0 Å². The summed E-state index contributed by atoms with van der Waals surface area (Å²) in [5.41, 5.74) is 1.85. The van der Waals surface area contributed by atoms with Gasteiger partial charge in [-0.2, -0.15) is 0 Å². The van der Waals surface area contributed by atoms with Gasteiger partial charge in [0.2, 0.25) is 0 Å². The predicted octanol–water partition coefficient (Wildman–Crippen LogP) is 4.44. The van der Waals surface area contributed by atoms with Crippen molar-refractivity contribution >= 4 is 0 Å². The van der Waals surface area contributed by atoms with Gasteiger partial charge in [0.15, 0.2) is 0 Å². The summed E-state index contributed by atoms with van der Waals surface area (Å²) in [7, 11) is 0. The molecule has 23 heavy (non-hydrogen) atoms. The van der Waals surface area contributed by atoms with Crippen molar-refractivity contribution in [2.75, 3.05) is 13.1 Å². The molecule has 0 amide bonds. The van der Waals surface area contributed by atoms with Crippen molar-refractivity contribution < 1.29 is 5.11 Å². The minimum absolute atomic E-state index is 0.123. The summed E-state index contributed by atoms with van der Waals surface area (Å²) in [5, 5.41) is 10.5. The highest BCUT2D eigenvalue weighted by Crippen LogP contribution is 2.40. The Kier molecular flexibility index (Phi) is 5.13. The van der Waals surface area contributed by atoms with E-state index in [1.165, 1.54) is 31.2 Å². The molecule has 1 saturated heterocycles. The molecule has 2 heteroatoms. The summed E-state index contributed by atoms with van der Waals surface area (Å²) in [4.78, 5) is 2.59. The second kappa shape index (κ2) is 6.94. The fourth-order valence-electron chi connectivity index (χ4n) is 4.60. The van der Waals surface area contributed by atoms with E-state index >= 15 is 0 Å². The number of hydrogen-bond acceptors (Lipinski definition) is 2. The molecule has 0 spiro atoms. The average molecular weight is 316 g/mol. The van der Waals surface area contributed by atoms with E-state index in [1.54, 1.807) is 0 Å². The van der Waals surface area contributed by atoms with Gasteiger partial charge in [0.25, 0.3) is 0 Å². The van der Waals surface area contributed by atoms with Crippen LogP contribution >= 0.6 is 0 Å². The molecule has 1 heterocycles. The van der Waals surface area contributed by atoms with Gasteiger partial charge in [-0.25, -0.2) is 0 Å². The zero-order valence-corrected chi connectivity index (χ0v) is 15.0. The normalized spacial score (nSPS) is 31.2. The van der Waals surface area contributed by atoms with E-state index in [2.05, 4.69) is 56.0 Å². The molecule has 2 aliphatic rings. The fraction of sp³-hybridized carbons (Fsp3) is 0.714. The summed E-state index contributed by atoms with van der Waals surface area (Å²) >= 11 is 0. The SMILES string of the molecule is CC(C)(C)[C@H]1CC[C@@H](O)[C@H](N2CCC(c3ccccc3)CC2)C1. The van der Waals surface area contributed by atoms with Gasteiger partial charge in [0.1, 0.15) is 0 Å². The lowest BCUT2D eigenvalue weighted by atomic mass is 9.69. The second-order valence-corrected chi connectivity index (χ2v) is 8.73. The zero-order valence-electron chi connectivity index (χ0n) is 15.0. The summed E-state index contributed by atoms with van der Waals surface area (Å²) in [6.45, 7) is 9.34. The van der Waals surface area contributed by atoms with Crippen molar-refractivity contribution in [3.63, 3.8) is 0 Å². The maximum Gasteiger partial charge on any atom is 0.0695 e. The molecule has 0 radical (unpaired) electrons. The van der Waals surface area contributed by atoms with E-state index in [0.717, 1.165) is 25.4 Å². The van der Waals surface area contributed by atoms with Gasteiger partial charge in [-0.1, -0.05) is 51.1 Å². The van der Waals surface area contributed by atoms with Crippen LogP contribution in [-0.2, 0) is 0 Å². The summed E-state index contributed by atoms with van der Waals surface area (Å²) in [5.74, 6) is 1.44. The lowest BCUT2D eigenvalue weighted by Crippen LogP contribution is -2.51. The summed E-state index contributed by atoms with van der Waals surface area (Å²) < 4.78 is 0. The molecule has 0 bridgehead atoms. The Hall–Kier alpha value is -0.860. The van der Waals surface area contributed by atoms with Crippen LogP contribution in [0.5, 0.6) is 0 Å². The number of hydrogen-bond donors (Lipinski definition) is 1. The van der Waals surface area contributed by atoms with Crippen molar-refractivity contribution in [2.24, 2.45) is 11.3 Å². The lowest BCUT2D eigenvalue weighted by molar-refractivity contribution is -0.0250. The molecule has 0 unspecified atom stereocenters. The van der Waals surface area contributed by atoms with E-state index < -0.39 is 0 Å². The standard InChI is InChI=1S/C21H33NO/c1-21(2,3)18-9-10-20(23)19(15-18)22-13-11-17(12-14-22)16-7-5-4-6-8-16/h4-8,17-20,23H,9-15H2,1-3H3/t18-,19+,20+/m0/s1. The Morgan fingerprint density at radius 2 is 1.61 bits per heavy atom. The van der Waals surface area contributed by atoms with Crippen molar-refractivity contribution in [3.8, 4) is 0 Å². The third-order valence-electron chi connectivity index (χ3n) is 6.28. The van der Waals surface area contributed by atoms with E-state index in [0.29, 0.717) is 17.4 Å². The summed E-state index contributed by atoms with van der Waals surface area (Å²) in [6, 6.07) is 11.3. The van der Waals surface area contributed by atoms with Crippen LogP contribution in [0.3, 0.4) is 0 Å². The maximum atomic E-state index is 10.5. The van der Waals surface area contributed by atoms with Gasteiger partial charge in [-0.05, 0) is 68.0 Å². The Morgan fingerprint density at radius 1 is 0.957 bits per heavy atom. The predicted molar refractivity (Wildman–Crippen MR) is 96.6 cm³/mol. The Labute approximate surface area is 141 Å². The topological polar surface area (TPSA) is 23.5 Å². The highest BCUT2D eigenvalue weighted by atomic mass is 16.3. The molecule has 1 aromatic rings. The molecular weight excluding hydrogens is 282 g/mol. The van der Waals surface area contributed by atoms with Crippen LogP contribution in [0.15, 0.2) is 30.3 Å². The zero-order chi connectivity index (χ0) is 16.4. The molecule has 128 valence electrons. The van der Waals surface area contributed by atoms with Crippen molar-refractivity contribution in [2.45, 2.75) is 70.9 Å². The first kappa shape index (κ1) is 17.0. The third-order valence-corrected chi connectivity index (χ3v) is 6.28. The number of rotatable bonds is 2. The molecule has 2 fully saturated rings. The van der Waals surface area contributed by atoms with E-state index in [-0.39, 0.29) is 6.10 Å². The maximum absolute atomic E-state index is 10.5. The van der Waals surface area contributed by atoms with Gasteiger partial charge in [-0.15, -0.1) is 0 Å². The molecule has 3 rings (SSSR count). The Balaban J connectivity index is 1.60. The number of piperidine rings is 1. The van der Waals surface area contributed by atoms with Crippen LogP contribution in [0.4, 0.5) is 0 Å². The van der Waals surface area contributed by atoms with Gasteiger partial charge in [0, 0.05) is 6.04 Å². The quantitative estimate of drug-likeness (QED) is 0.872. The van der Waals surface area contributed by atoms with E-state index in [1.807, 2.05) is 0 Å².